The number of thioether (sulfide) groups is 1. The van der Waals surface area contributed by atoms with Crippen LogP contribution < -0.4 is 15.8 Å². The Hall–Kier alpha value is -1.97. The molecular weight excluding hydrogens is 400 g/mol. The first-order chi connectivity index (χ1) is 12.0. The summed E-state index contributed by atoms with van der Waals surface area (Å²) in [5.74, 6) is -0.978. The third-order valence-electron chi connectivity index (χ3n) is 2.81. The van der Waals surface area contributed by atoms with Gasteiger partial charge in [-0.25, -0.2) is 8.42 Å². The molecule has 1 aromatic carbocycles. The van der Waals surface area contributed by atoms with Crippen molar-refractivity contribution >= 4 is 45.1 Å². The van der Waals surface area contributed by atoms with E-state index in [-0.39, 0.29) is 33.5 Å². The molecule has 0 atom stereocenters. The first-order valence-corrected chi connectivity index (χ1v) is 10.5. The normalized spacial score (nSPS) is 11.7. The molecule has 0 bridgehead atoms. The molecule has 1 rings (SSSR count). The van der Waals surface area contributed by atoms with Crippen LogP contribution in [-0.4, -0.2) is 32.3 Å². The second-order valence-corrected chi connectivity index (χ2v) is 9.18. The predicted molar refractivity (Wildman–Crippen MR) is 104 cm³/mol. The van der Waals surface area contributed by atoms with Crippen LogP contribution in [0, 0.1) is 0 Å². The molecule has 0 saturated carbocycles. The topological polar surface area (TPSA) is 116 Å². The number of carbonyl (C=O) groups is 2. The van der Waals surface area contributed by atoms with Gasteiger partial charge in [0.15, 0.2) is 0 Å². The Morgan fingerprint density at radius 2 is 2.04 bits per heavy atom. The van der Waals surface area contributed by atoms with Gasteiger partial charge in [0.05, 0.1) is 10.8 Å². The molecule has 0 spiro atoms. The highest BCUT2D eigenvalue weighted by Gasteiger charge is 2.13. The molecule has 0 aliphatic rings. The molecule has 142 valence electrons. The third kappa shape index (κ3) is 8.41. The van der Waals surface area contributed by atoms with Gasteiger partial charge >= 0.3 is 5.97 Å². The molecule has 0 aliphatic carbocycles. The van der Waals surface area contributed by atoms with Gasteiger partial charge in [-0.05, 0) is 24.6 Å². The molecule has 10 heteroatoms. The number of rotatable bonds is 8. The van der Waals surface area contributed by atoms with Crippen LogP contribution in [0.3, 0.4) is 0 Å². The van der Waals surface area contributed by atoms with Crippen LogP contribution in [0.4, 0.5) is 0 Å². The maximum absolute atomic E-state index is 12.3. The quantitative estimate of drug-likeness (QED) is 0.492. The van der Waals surface area contributed by atoms with Crippen molar-refractivity contribution in [1.29, 1.82) is 0 Å². The lowest BCUT2D eigenvalue weighted by Crippen LogP contribution is -2.21. The zero-order valence-corrected chi connectivity index (χ0v) is 16.6. The van der Waals surface area contributed by atoms with Crippen molar-refractivity contribution in [3.8, 4) is 5.75 Å². The van der Waals surface area contributed by atoms with Crippen LogP contribution in [0.25, 0.3) is 0 Å². The molecule has 0 fully saturated rings. The summed E-state index contributed by atoms with van der Waals surface area (Å²) in [5.41, 5.74) is 5.65. The van der Waals surface area contributed by atoms with Crippen LogP contribution >= 0.6 is 23.4 Å². The van der Waals surface area contributed by atoms with E-state index in [1.165, 1.54) is 31.3 Å². The van der Waals surface area contributed by atoms with Gasteiger partial charge in [-0.15, -0.1) is 0 Å². The number of ether oxygens (including phenoxy) is 1. The standard InChI is InChI=1S/C16H19ClN2O5S2/c1-10(25-15(9-18)4-5-26(3,22)23)19-16(21)12-6-13(17)8-14(7-12)24-11(2)20/h6-9H,1,4-5,18H2,2-3H3,(H,19,21)/b15-9-. The zero-order valence-electron chi connectivity index (χ0n) is 14.2. The lowest BCUT2D eigenvalue weighted by molar-refractivity contribution is -0.131. The number of nitrogens with two attached hydrogens (primary N) is 1. The van der Waals surface area contributed by atoms with E-state index in [1.54, 1.807) is 0 Å². The molecule has 0 unspecified atom stereocenters. The summed E-state index contributed by atoms with van der Waals surface area (Å²) in [7, 11) is -3.13. The van der Waals surface area contributed by atoms with Crippen molar-refractivity contribution in [3.63, 3.8) is 0 Å². The average molecular weight is 419 g/mol. The number of amides is 1. The largest absolute Gasteiger partial charge is 0.427 e. The Labute approximate surface area is 161 Å². The Morgan fingerprint density at radius 1 is 1.38 bits per heavy atom. The average Bonchev–Trinajstić information content (AvgIpc) is 2.49. The molecule has 26 heavy (non-hydrogen) atoms. The number of benzene rings is 1. The monoisotopic (exact) mass is 418 g/mol. The van der Waals surface area contributed by atoms with Gasteiger partial charge in [0.1, 0.15) is 15.6 Å². The molecule has 0 heterocycles. The Morgan fingerprint density at radius 3 is 2.58 bits per heavy atom. The zero-order chi connectivity index (χ0) is 19.9. The highest BCUT2D eigenvalue weighted by Crippen LogP contribution is 2.26. The second kappa shape index (κ2) is 9.65. The van der Waals surface area contributed by atoms with Crippen LogP contribution in [0.15, 0.2) is 40.9 Å². The maximum Gasteiger partial charge on any atom is 0.308 e. The van der Waals surface area contributed by atoms with Gasteiger partial charge in [0, 0.05) is 34.9 Å². The summed E-state index contributed by atoms with van der Waals surface area (Å²) in [6.45, 7) is 4.94. The maximum atomic E-state index is 12.3. The predicted octanol–water partition coefficient (Wildman–Crippen LogP) is 2.43. The lowest BCUT2D eigenvalue weighted by Gasteiger charge is -2.11. The van der Waals surface area contributed by atoms with Crippen molar-refractivity contribution in [3.05, 3.63) is 51.5 Å². The first-order valence-electron chi connectivity index (χ1n) is 7.26. The molecule has 7 nitrogen and oxygen atoms in total. The van der Waals surface area contributed by atoms with Crippen molar-refractivity contribution < 1.29 is 22.7 Å². The SMILES string of the molecule is C=C(NC(=O)c1cc(Cl)cc(OC(C)=O)c1)S/C(=C\N)CCS(C)(=O)=O. The van der Waals surface area contributed by atoms with Crippen LogP contribution in [0.2, 0.25) is 5.02 Å². The molecule has 0 radical (unpaired) electrons. The molecule has 0 aromatic heterocycles. The van der Waals surface area contributed by atoms with Crippen molar-refractivity contribution in [2.45, 2.75) is 13.3 Å². The number of esters is 1. The smallest absolute Gasteiger partial charge is 0.308 e. The number of allylic oxidation sites excluding steroid dienone is 1. The van der Waals surface area contributed by atoms with E-state index >= 15 is 0 Å². The van der Waals surface area contributed by atoms with E-state index in [9.17, 15) is 18.0 Å². The van der Waals surface area contributed by atoms with Crippen LogP contribution in [-0.2, 0) is 14.6 Å². The number of hydrogen-bond donors (Lipinski definition) is 2. The van der Waals surface area contributed by atoms with Crippen molar-refractivity contribution in [1.82, 2.24) is 5.32 Å². The second-order valence-electron chi connectivity index (χ2n) is 5.26. The molecule has 0 aliphatic heterocycles. The summed E-state index contributed by atoms with van der Waals surface area (Å²) in [6.07, 6.45) is 2.61. The molecule has 3 N–H and O–H groups in total. The van der Waals surface area contributed by atoms with Gasteiger partial charge in [0.2, 0.25) is 0 Å². The van der Waals surface area contributed by atoms with E-state index in [2.05, 4.69) is 11.9 Å². The van der Waals surface area contributed by atoms with Gasteiger partial charge in [-0.1, -0.05) is 29.9 Å². The Balaban J connectivity index is 2.76. The van der Waals surface area contributed by atoms with Crippen LogP contribution in [0.1, 0.15) is 23.7 Å². The number of hydrogen-bond acceptors (Lipinski definition) is 7. The fourth-order valence-corrected chi connectivity index (χ4v) is 3.43. The minimum absolute atomic E-state index is 0.0652. The fraction of sp³-hybridized carbons (Fsp3) is 0.250. The van der Waals surface area contributed by atoms with Gasteiger partial charge in [-0.3, -0.25) is 9.59 Å². The fourth-order valence-electron chi connectivity index (χ4n) is 1.76. The Bertz CT molecular complexity index is 850. The minimum Gasteiger partial charge on any atom is -0.427 e. The summed E-state index contributed by atoms with van der Waals surface area (Å²) in [5, 5.41) is 3.03. The summed E-state index contributed by atoms with van der Waals surface area (Å²) in [6, 6.07) is 4.18. The van der Waals surface area contributed by atoms with E-state index in [0.29, 0.717) is 4.91 Å². The first kappa shape index (κ1) is 22.1. The number of nitrogens with one attached hydrogen (secondary N) is 1. The molecule has 0 saturated heterocycles. The number of carbonyl (C=O) groups excluding carboxylic acids is 2. The minimum atomic E-state index is -3.13. The number of sulfone groups is 1. The van der Waals surface area contributed by atoms with Crippen molar-refractivity contribution in [2.24, 2.45) is 5.73 Å². The van der Waals surface area contributed by atoms with E-state index < -0.39 is 21.7 Å². The number of halogens is 1. The Kier molecular flexibility index (Phi) is 8.19. The van der Waals surface area contributed by atoms with Gasteiger partial charge in [-0.2, -0.15) is 0 Å². The van der Waals surface area contributed by atoms with Gasteiger partial charge in [0.25, 0.3) is 5.91 Å². The third-order valence-corrected chi connectivity index (χ3v) is 4.92. The molecular formula is C16H19ClN2O5S2. The van der Waals surface area contributed by atoms with Crippen LogP contribution in [0.5, 0.6) is 5.75 Å². The molecule has 1 amide bonds. The lowest BCUT2D eigenvalue weighted by atomic mass is 10.2. The summed E-state index contributed by atoms with van der Waals surface area (Å²) < 4.78 is 27.4. The van der Waals surface area contributed by atoms with E-state index in [1.807, 2.05) is 0 Å². The van der Waals surface area contributed by atoms with E-state index in [4.69, 9.17) is 22.1 Å². The summed E-state index contributed by atoms with van der Waals surface area (Å²) in [4.78, 5) is 23.9. The highest BCUT2D eigenvalue weighted by atomic mass is 35.5. The molecule has 1 aromatic rings. The van der Waals surface area contributed by atoms with E-state index in [0.717, 1.165) is 18.0 Å². The summed E-state index contributed by atoms with van der Waals surface area (Å²) >= 11 is 6.98. The van der Waals surface area contributed by atoms with Crippen molar-refractivity contribution in [2.75, 3.05) is 12.0 Å². The van der Waals surface area contributed by atoms with Gasteiger partial charge < -0.3 is 15.8 Å². The highest BCUT2D eigenvalue weighted by molar-refractivity contribution is 8.06.